The third-order valence-electron chi connectivity index (χ3n) is 2.32. The molecule has 0 spiro atoms. The Morgan fingerprint density at radius 1 is 1.12 bits per heavy atom. The van der Waals surface area contributed by atoms with Crippen LogP contribution in [0.5, 0.6) is 0 Å². The molecule has 0 aliphatic rings. The lowest BCUT2D eigenvalue weighted by molar-refractivity contribution is 0.851. The van der Waals surface area contributed by atoms with E-state index in [2.05, 4.69) is 31.0 Å². The van der Waals surface area contributed by atoms with E-state index in [1.165, 1.54) is 0 Å². The third kappa shape index (κ3) is 1.40. The first-order valence-electron chi connectivity index (χ1n) is 4.75. The number of fused-ring (bicyclic) bond motifs is 1. The van der Waals surface area contributed by atoms with Gasteiger partial charge in [-0.1, -0.05) is 6.07 Å². The topological polar surface area (TPSA) is 43.6 Å². The maximum Gasteiger partial charge on any atom is 0.164 e. The minimum Gasteiger partial charge on any atom is -0.235 e. The van der Waals surface area contributed by atoms with E-state index in [4.69, 9.17) is 0 Å². The Labute approximate surface area is 100 Å². The summed E-state index contributed by atoms with van der Waals surface area (Å²) in [6.07, 6.45) is 5.14. The van der Waals surface area contributed by atoms with Crippen molar-refractivity contribution in [2.75, 3.05) is 0 Å². The number of hydrogen-bond acceptors (Lipinski definition) is 3. The number of aromatic nitrogens is 4. The Balaban J connectivity index is 2.38. The van der Waals surface area contributed by atoms with E-state index in [0.29, 0.717) is 0 Å². The molecule has 0 atom stereocenters. The van der Waals surface area contributed by atoms with Gasteiger partial charge in [0.25, 0.3) is 0 Å². The maximum absolute atomic E-state index is 4.26. The van der Waals surface area contributed by atoms with Crippen molar-refractivity contribution in [3.05, 3.63) is 47.5 Å². The molecule has 0 saturated heterocycles. The van der Waals surface area contributed by atoms with Crippen LogP contribution in [-0.2, 0) is 0 Å². The first-order valence-corrected chi connectivity index (χ1v) is 5.55. The molecule has 4 nitrogen and oxygen atoms in total. The fourth-order valence-corrected chi connectivity index (χ4v) is 2.08. The van der Waals surface area contributed by atoms with Crippen molar-refractivity contribution in [3.63, 3.8) is 0 Å². The van der Waals surface area contributed by atoms with Crippen LogP contribution in [0, 0.1) is 0 Å². The van der Waals surface area contributed by atoms with E-state index >= 15 is 0 Å². The lowest BCUT2D eigenvalue weighted by Crippen LogP contribution is -1.99. The average Bonchev–Trinajstić information content (AvgIpc) is 2.82. The molecule has 0 aliphatic carbocycles. The molecule has 3 rings (SSSR count). The summed E-state index contributed by atoms with van der Waals surface area (Å²) in [5.74, 6) is 0.788. The van der Waals surface area contributed by atoms with E-state index in [-0.39, 0.29) is 0 Å². The van der Waals surface area contributed by atoms with Crippen molar-refractivity contribution in [3.8, 4) is 5.82 Å². The standard InChI is InChI=1S/C11H7BrN4/c12-9-4-1-3-8-10(9)13-7-14-11(8)16-6-2-5-15-16/h1-7H. The Kier molecular flexibility index (Phi) is 2.18. The predicted octanol–water partition coefficient (Wildman–Crippen LogP) is 2.58. The van der Waals surface area contributed by atoms with E-state index in [9.17, 15) is 0 Å². The molecule has 1 aromatic carbocycles. The van der Waals surface area contributed by atoms with Gasteiger partial charge in [-0.25, -0.2) is 14.6 Å². The van der Waals surface area contributed by atoms with Crippen LogP contribution in [0.4, 0.5) is 0 Å². The molecule has 2 heterocycles. The summed E-state index contributed by atoms with van der Waals surface area (Å²) < 4.78 is 2.69. The lowest BCUT2D eigenvalue weighted by Gasteiger charge is -2.05. The molecule has 16 heavy (non-hydrogen) atoms. The van der Waals surface area contributed by atoms with Crippen molar-refractivity contribution < 1.29 is 0 Å². The molecule has 5 heteroatoms. The van der Waals surface area contributed by atoms with Gasteiger partial charge < -0.3 is 0 Å². The molecule has 0 amide bonds. The Morgan fingerprint density at radius 3 is 2.88 bits per heavy atom. The van der Waals surface area contributed by atoms with Crippen molar-refractivity contribution >= 4 is 26.8 Å². The maximum atomic E-state index is 4.26. The van der Waals surface area contributed by atoms with Gasteiger partial charge in [0, 0.05) is 22.3 Å². The first-order chi connectivity index (χ1) is 7.86. The minimum atomic E-state index is 0.788. The molecule has 0 saturated carbocycles. The zero-order valence-corrected chi connectivity index (χ0v) is 9.79. The number of rotatable bonds is 1. The van der Waals surface area contributed by atoms with Crippen LogP contribution in [0.15, 0.2) is 47.5 Å². The summed E-state index contributed by atoms with van der Waals surface area (Å²) in [6.45, 7) is 0. The average molecular weight is 275 g/mol. The van der Waals surface area contributed by atoms with Crippen LogP contribution in [-0.4, -0.2) is 19.7 Å². The molecule has 0 N–H and O–H groups in total. The minimum absolute atomic E-state index is 0.788. The van der Waals surface area contributed by atoms with Gasteiger partial charge in [-0.2, -0.15) is 5.10 Å². The Morgan fingerprint density at radius 2 is 2.06 bits per heavy atom. The van der Waals surface area contributed by atoms with Crippen LogP contribution in [0.2, 0.25) is 0 Å². The zero-order valence-electron chi connectivity index (χ0n) is 8.21. The monoisotopic (exact) mass is 274 g/mol. The summed E-state index contributed by atoms with van der Waals surface area (Å²) in [4.78, 5) is 8.51. The predicted molar refractivity (Wildman–Crippen MR) is 64.4 cm³/mol. The zero-order chi connectivity index (χ0) is 11.0. The highest BCUT2D eigenvalue weighted by molar-refractivity contribution is 9.10. The van der Waals surface area contributed by atoms with Crippen LogP contribution < -0.4 is 0 Å². The summed E-state index contributed by atoms with van der Waals surface area (Å²) in [5, 5.41) is 5.15. The molecule has 0 radical (unpaired) electrons. The van der Waals surface area contributed by atoms with Gasteiger partial charge in [-0.15, -0.1) is 0 Å². The Bertz CT molecular complexity index is 634. The normalized spacial score (nSPS) is 10.8. The summed E-state index contributed by atoms with van der Waals surface area (Å²) in [7, 11) is 0. The van der Waals surface area contributed by atoms with Crippen LogP contribution in [0.1, 0.15) is 0 Å². The highest BCUT2D eigenvalue weighted by Gasteiger charge is 2.07. The van der Waals surface area contributed by atoms with Crippen molar-refractivity contribution in [2.24, 2.45) is 0 Å². The van der Waals surface area contributed by atoms with Gasteiger partial charge in [-0.3, -0.25) is 0 Å². The molecule has 3 aromatic rings. The SMILES string of the molecule is Brc1cccc2c(-n3cccn3)ncnc12. The molecule has 0 unspecified atom stereocenters. The van der Waals surface area contributed by atoms with Crippen molar-refractivity contribution in [2.45, 2.75) is 0 Å². The lowest BCUT2D eigenvalue weighted by atomic mass is 10.2. The molecule has 0 bridgehead atoms. The fourth-order valence-electron chi connectivity index (χ4n) is 1.61. The Hall–Kier alpha value is -1.75. The number of para-hydroxylation sites is 1. The van der Waals surface area contributed by atoms with Crippen molar-refractivity contribution in [1.82, 2.24) is 19.7 Å². The van der Waals surface area contributed by atoms with Crippen LogP contribution in [0.3, 0.4) is 0 Å². The highest BCUT2D eigenvalue weighted by Crippen LogP contribution is 2.24. The van der Waals surface area contributed by atoms with Crippen molar-refractivity contribution in [1.29, 1.82) is 0 Å². The quantitative estimate of drug-likeness (QED) is 0.685. The molecule has 2 aromatic heterocycles. The molecule has 0 fully saturated rings. The van der Waals surface area contributed by atoms with Gasteiger partial charge in [0.2, 0.25) is 0 Å². The number of benzene rings is 1. The molecule has 0 aliphatic heterocycles. The van der Waals surface area contributed by atoms with Gasteiger partial charge in [0.1, 0.15) is 6.33 Å². The second kappa shape index (κ2) is 3.68. The summed E-state index contributed by atoms with van der Waals surface area (Å²) >= 11 is 3.47. The van der Waals surface area contributed by atoms with E-state index < -0.39 is 0 Å². The van der Waals surface area contributed by atoms with Gasteiger partial charge in [-0.05, 0) is 34.1 Å². The summed E-state index contributed by atoms with van der Waals surface area (Å²) in [5.41, 5.74) is 0.892. The number of nitrogens with zero attached hydrogens (tertiary/aromatic N) is 4. The smallest absolute Gasteiger partial charge is 0.164 e. The van der Waals surface area contributed by atoms with Gasteiger partial charge in [0.15, 0.2) is 5.82 Å². The van der Waals surface area contributed by atoms with Gasteiger partial charge >= 0.3 is 0 Å². The fraction of sp³-hybridized carbons (Fsp3) is 0. The van der Waals surface area contributed by atoms with E-state index in [1.807, 2.05) is 30.5 Å². The largest absolute Gasteiger partial charge is 0.235 e. The number of hydrogen-bond donors (Lipinski definition) is 0. The van der Waals surface area contributed by atoms with E-state index in [1.54, 1.807) is 17.2 Å². The molecule has 78 valence electrons. The highest BCUT2D eigenvalue weighted by atomic mass is 79.9. The number of halogens is 1. The summed E-state index contributed by atoms with van der Waals surface area (Å²) in [6, 6.07) is 7.77. The molecular weight excluding hydrogens is 268 g/mol. The van der Waals surface area contributed by atoms with Gasteiger partial charge in [0.05, 0.1) is 5.52 Å². The van der Waals surface area contributed by atoms with Crippen LogP contribution >= 0.6 is 15.9 Å². The molecular formula is C11H7BrN4. The first kappa shape index (κ1) is 9.47. The van der Waals surface area contributed by atoms with E-state index in [0.717, 1.165) is 21.2 Å². The van der Waals surface area contributed by atoms with Crippen LogP contribution in [0.25, 0.3) is 16.7 Å². The second-order valence-electron chi connectivity index (χ2n) is 3.28. The third-order valence-corrected chi connectivity index (χ3v) is 2.96. The second-order valence-corrected chi connectivity index (χ2v) is 4.14.